The van der Waals surface area contributed by atoms with Crippen molar-refractivity contribution in [1.29, 1.82) is 0 Å². The Labute approximate surface area is 148 Å². The second-order valence-electron chi connectivity index (χ2n) is 5.66. The summed E-state index contributed by atoms with van der Waals surface area (Å²) in [6.07, 6.45) is 3.28. The van der Waals surface area contributed by atoms with Crippen molar-refractivity contribution in [1.82, 2.24) is 0 Å². The first-order valence-electron chi connectivity index (χ1n) is 8.37. The summed E-state index contributed by atoms with van der Waals surface area (Å²) in [6.45, 7) is 2.18. The molecular weight excluding hydrogens is 308 g/mol. The minimum atomic E-state index is -0.325. The lowest BCUT2D eigenvalue weighted by Gasteiger charge is -2.09. The third-order valence-electron chi connectivity index (χ3n) is 3.87. The van der Waals surface area contributed by atoms with Gasteiger partial charge in [0.2, 0.25) is 0 Å². The fourth-order valence-electron chi connectivity index (χ4n) is 2.70. The fourth-order valence-corrected chi connectivity index (χ4v) is 2.70. The lowest BCUT2D eigenvalue weighted by molar-refractivity contribution is -0.137. The largest absolute Gasteiger partial charge is 0.463 e. The van der Waals surface area contributed by atoms with Crippen LogP contribution in [0.15, 0.2) is 84.9 Å². The minimum absolute atomic E-state index is 0.325. The van der Waals surface area contributed by atoms with Crippen LogP contribution in [0.4, 0.5) is 0 Å². The van der Waals surface area contributed by atoms with Crippen LogP contribution in [-0.2, 0) is 9.53 Å². The highest BCUT2D eigenvalue weighted by Gasteiger charge is 2.05. The Morgan fingerprint density at radius 2 is 1.32 bits per heavy atom. The normalized spacial score (nSPS) is 10.8. The highest BCUT2D eigenvalue weighted by molar-refractivity contribution is 5.88. The van der Waals surface area contributed by atoms with Crippen molar-refractivity contribution in [3.8, 4) is 22.3 Å². The molecule has 0 aliphatic heterocycles. The van der Waals surface area contributed by atoms with Gasteiger partial charge in [-0.1, -0.05) is 60.7 Å². The monoisotopic (exact) mass is 328 g/mol. The molecule has 0 N–H and O–H groups in total. The molecule has 124 valence electrons. The summed E-state index contributed by atoms with van der Waals surface area (Å²) in [7, 11) is 0. The number of esters is 1. The van der Waals surface area contributed by atoms with Gasteiger partial charge in [0, 0.05) is 6.08 Å². The summed E-state index contributed by atoms with van der Waals surface area (Å²) in [6, 6.07) is 26.8. The highest BCUT2D eigenvalue weighted by atomic mass is 16.5. The molecule has 0 spiro atoms. The van der Waals surface area contributed by atoms with Crippen LogP contribution in [0, 0.1) is 0 Å². The molecule has 0 bridgehead atoms. The molecule has 0 amide bonds. The lowest BCUT2D eigenvalue weighted by Crippen LogP contribution is -1.98. The summed E-state index contributed by atoms with van der Waals surface area (Å²) in [5, 5.41) is 0. The Morgan fingerprint density at radius 3 is 1.80 bits per heavy atom. The molecule has 0 aliphatic carbocycles. The average Bonchev–Trinajstić information content (AvgIpc) is 2.68. The molecular formula is C23H20O2. The van der Waals surface area contributed by atoms with Gasteiger partial charge in [-0.05, 0) is 59.0 Å². The smallest absolute Gasteiger partial charge is 0.330 e. The van der Waals surface area contributed by atoms with Gasteiger partial charge in [0.1, 0.15) is 0 Å². The molecule has 25 heavy (non-hydrogen) atoms. The van der Waals surface area contributed by atoms with E-state index in [2.05, 4.69) is 42.5 Å². The maximum absolute atomic E-state index is 11.6. The lowest BCUT2D eigenvalue weighted by atomic mass is 9.96. The van der Waals surface area contributed by atoms with Crippen molar-refractivity contribution in [3.63, 3.8) is 0 Å². The van der Waals surface area contributed by atoms with Crippen molar-refractivity contribution in [2.24, 2.45) is 0 Å². The number of rotatable bonds is 5. The van der Waals surface area contributed by atoms with Crippen LogP contribution in [0.1, 0.15) is 12.5 Å². The zero-order chi connectivity index (χ0) is 17.5. The Bertz CT molecular complexity index is 807. The number of ether oxygens (including phenoxy) is 1. The molecule has 3 aromatic rings. The van der Waals surface area contributed by atoms with Crippen LogP contribution in [-0.4, -0.2) is 12.6 Å². The number of benzene rings is 3. The van der Waals surface area contributed by atoms with Gasteiger partial charge in [0.15, 0.2) is 0 Å². The minimum Gasteiger partial charge on any atom is -0.463 e. The molecule has 3 rings (SSSR count). The third-order valence-corrected chi connectivity index (χ3v) is 3.87. The molecule has 0 radical (unpaired) electrons. The summed E-state index contributed by atoms with van der Waals surface area (Å²) in [5.74, 6) is -0.325. The van der Waals surface area contributed by atoms with E-state index in [0.29, 0.717) is 6.61 Å². The van der Waals surface area contributed by atoms with Crippen LogP contribution < -0.4 is 0 Å². The topological polar surface area (TPSA) is 26.3 Å². The second-order valence-corrected chi connectivity index (χ2v) is 5.66. The standard InChI is InChI=1S/C23H20O2/c1-2-25-23(24)14-13-18-15-21(19-9-5-3-6-10-19)17-22(16-18)20-11-7-4-8-12-20/h3-17H,2H2,1H3/b14-13+. The molecule has 0 saturated heterocycles. The summed E-state index contributed by atoms with van der Waals surface area (Å²) >= 11 is 0. The maximum Gasteiger partial charge on any atom is 0.330 e. The van der Waals surface area contributed by atoms with Crippen LogP contribution in [0.25, 0.3) is 28.3 Å². The fraction of sp³-hybridized carbons (Fsp3) is 0.0870. The van der Waals surface area contributed by atoms with Gasteiger partial charge in [-0.15, -0.1) is 0 Å². The second kappa shape index (κ2) is 8.11. The van der Waals surface area contributed by atoms with Crippen LogP contribution >= 0.6 is 0 Å². The average molecular weight is 328 g/mol. The van der Waals surface area contributed by atoms with E-state index in [1.54, 1.807) is 13.0 Å². The Balaban J connectivity index is 2.04. The van der Waals surface area contributed by atoms with Gasteiger partial charge in [-0.2, -0.15) is 0 Å². The van der Waals surface area contributed by atoms with E-state index in [0.717, 1.165) is 27.8 Å². The van der Waals surface area contributed by atoms with Gasteiger partial charge < -0.3 is 4.74 Å². The first-order valence-corrected chi connectivity index (χ1v) is 8.37. The molecule has 3 aromatic carbocycles. The molecule has 0 saturated carbocycles. The number of hydrogen-bond donors (Lipinski definition) is 0. The molecule has 0 aliphatic rings. The van der Waals surface area contributed by atoms with Gasteiger partial charge in [-0.3, -0.25) is 0 Å². The van der Waals surface area contributed by atoms with E-state index in [1.807, 2.05) is 36.4 Å². The van der Waals surface area contributed by atoms with E-state index in [9.17, 15) is 4.79 Å². The predicted molar refractivity (Wildman–Crippen MR) is 103 cm³/mol. The quantitative estimate of drug-likeness (QED) is 0.450. The zero-order valence-electron chi connectivity index (χ0n) is 14.2. The van der Waals surface area contributed by atoms with Crippen molar-refractivity contribution in [2.75, 3.05) is 6.61 Å². The highest BCUT2D eigenvalue weighted by Crippen LogP contribution is 2.28. The Morgan fingerprint density at radius 1 is 0.800 bits per heavy atom. The molecule has 2 nitrogen and oxygen atoms in total. The number of carbonyl (C=O) groups is 1. The Kier molecular flexibility index (Phi) is 5.43. The van der Waals surface area contributed by atoms with Gasteiger partial charge in [-0.25, -0.2) is 4.79 Å². The first kappa shape index (κ1) is 16.7. The summed E-state index contributed by atoms with van der Waals surface area (Å²) < 4.78 is 4.97. The van der Waals surface area contributed by atoms with E-state index in [4.69, 9.17) is 4.74 Å². The van der Waals surface area contributed by atoms with E-state index in [1.165, 1.54) is 6.08 Å². The summed E-state index contributed by atoms with van der Waals surface area (Å²) in [5.41, 5.74) is 5.49. The van der Waals surface area contributed by atoms with Gasteiger partial charge in [0.05, 0.1) is 6.61 Å². The molecule has 0 fully saturated rings. The zero-order valence-corrected chi connectivity index (χ0v) is 14.2. The predicted octanol–water partition coefficient (Wildman–Crippen LogP) is 5.60. The van der Waals surface area contributed by atoms with Crippen LogP contribution in [0.3, 0.4) is 0 Å². The Hall–Kier alpha value is -3.13. The number of carbonyl (C=O) groups excluding carboxylic acids is 1. The molecule has 2 heteroatoms. The summed E-state index contributed by atoms with van der Waals surface area (Å²) in [4.78, 5) is 11.6. The third kappa shape index (κ3) is 4.45. The molecule has 0 aromatic heterocycles. The maximum atomic E-state index is 11.6. The van der Waals surface area contributed by atoms with Crippen molar-refractivity contribution < 1.29 is 9.53 Å². The SMILES string of the molecule is CCOC(=O)/C=C/c1cc(-c2ccccc2)cc(-c2ccccc2)c1. The van der Waals surface area contributed by atoms with Crippen molar-refractivity contribution in [3.05, 3.63) is 90.5 Å². The molecule has 0 unspecified atom stereocenters. The van der Waals surface area contributed by atoms with Crippen LogP contribution in [0.5, 0.6) is 0 Å². The van der Waals surface area contributed by atoms with Crippen LogP contribution in [0.2, 0.25) is 0 Å². The van der Waals surface area contributed by atoms with Gasteiger partial charge in [0.25, 0.3) is 0 Å². The first-order chi connectivity index (χ1) is 12.3. The van der Waals surface area contributed by atoms with Crippen molar-refractivity contribution in [2.45, 2.75) is 6.92 Å². The molecule has 0 atom stereocenters. The number of hydrogen-bond acceptors (Lipinski definition) is 2. The molecule has 0 heterocycles. The van der Waals surface area contributed by atoms with E-state index >= 15 is 0 Å². The van der Waals surface area contributed by atoms with Crippen molar-refractivity contribution >= 4 is 12.0 Å². The van der Waals surface area contributed by atoms with Gasteiger partial charge >= 0.3 is 5.97 Å². The van der Waals surface area contributed by atoms with E-state index in [-0.39, 0.29) is 5.97 Å². The van der Waals surface area contributed by atoms with E-state index < -0.39 is 0 Å².